The standard InChI is InChI=1S/C22H26N4O4/c1-13-10-19-17(11-16(13)22(29)25-6-2-15(27)3-7-25)20-18(21(28)24-19)12-23-26(20)14-4-8-30-9-5-14/h10-12,14-15,27H,2-9H2,1H3,(H,24,28). The highest BCUT2D eigenvalue weighted by Gasteiger charge is 2.25. The number of aromatic amines is 1. The van der Waals surface area contributed by atoms with Crippen molar-refractivity contribution in [3.63, 3.8) is 0 Å². The number of ether oxygens (including phenoxy) is 1. The largest absolute Gasteiger partial charge is 0.393 e. The van der Waals surface area contributed by atoms with E-state index < -0.39 is 0 Å². The number of aryl methyl sites for hydroxylation is 1. The van der Waals surface area contributed by atoms with Crippen LogP contribution in [-0.2, 0) is 4.74 Å². The zero-order valence-electron chi connectivity index (χ0n) is 17.1. The number of likely N-dealkylation sites (tertiary alicyclic amines) is 1. The van der Waals surface area contributed by atoms with Crippen LogP contribution in [-0.4, -0.2) is 63.1 Å². The summed E-state index contributed by atoms with van der Waals surface area (Å²) in [5.41, 5.74) is 2.78. The number of nitrogens with one attached hydrogen (secondary N) is 1. The van der Waals surface area contributed by atoms with E-state index in [2.05, 4.69) is 10.1 Å². The summed E-state index contributed by atoms with van der Waals surface area (Å²) in [5.74, 6) is -0.0298. The fraction of sp³-hybridized carbons (Fsp3) is 0.500. The molecule has 0 unspecified atom stereocenters. The normalized spacial score (nSPS) is 19.1. The number of rotatable bonds is 2. The maximum atomic E-state index is 13.2. The van der Waals surface area contributed by atoms with Gasteiger partial charge in [0.15, 0.2) is 0 Å². The molecule has 0 radical (unpaired) electrons. The minimum absolute atomic E-state index is 0.0298. The maximum Gasteiger partial charge on any atom is 0.259 e. The Kier molecular flexibility index (Phi) is 4.83. The fourth-order valence-corrected chi connectivity index (χ4v) is 4.67. The summed E-state index contributed by atoms with van der Waals surface area (Å²) in [5, 5.41) is 15.7. The summed E-state index contributed by atoms with van der Waals surface area (Å²) in [6, 6.07) is 3.95. The number of carbonyl (C=O) groups excluding carboxylic acids is 1. The first-order valence-corrected chi connectivity index (χ1v) is 10.6. The van der Waals surface area contributed by atoms with Crippen LogP contribution in [0, 0.1) is 6.92 Å². The number of hydrogen-bond acceptors (Lipinski definition) is 5. The van der Waals surface area contributed by atoms with Crippen LogP contribution in [0.4, 0.5) is 0 Å². The lowest BCUT2D eigenvalue weighted by molar-refractivity contribution is 0.0546. The molecule has 1 amide bonds. The summed E-state index contributed by atoms with van der Waals surface area (Å²) >= 11 is 0. The molecular weight excluding hydrogens is 384 g/mol. The number of aromatic nitrogens is 3. The number of aliphatic hydroxyl groups is 1. The van der Waals surface area contributed by atoms with E-state index in [1.807, 2.05) is 23.7 Å². The Morgan fingerprint density at radius 2 is 1.90 bits per heavy atom. The van der Waals surface area contributed by atoms with E-state index in [4.69, 9.17) is 4.74 Å². The van der Waals surface area contributed by atoms with Gasteiger partial charge in [-0.15, -0.1) is 0 Å². The number of nitrogens with zero attached hydrogens (tertiary/aromatic N) is 3. The molecular formula is C22H26N4O4. The lowest BCUT2D eigenvalue weighted by Crippen LogP contribution is -2.40. The van der Waals surface area contributed by atoms with E-state index in [9.17, 15) is 14.7 Å². The van der Waals surface area contributed by atoms with Gasteiger partial charge in [-0.25, -0.2) is 0 Å². The number of aliphatic hydroxyl groups excluding tert-OH is 1. The van der Waals surface area contributed by atoms with Gasteiger partial charge >= 0.3 is 0 Å². The third-order valence-corrected chi connectivity index (χ3v) is 6.43. The summed E-state index contributed by atoms with van der Waals surface area (Å²) < 4.78 is 7.43. The number of fused-ring (bicyclic) bond motifs is 3. The van der Waals surface area contributed by atoms with Crippen LogP contribution < -0.4 is 5.56 Å². The second kappa shape index (κ2) is 7.52. The molecule has 4 heterocycles. The summed E-state index contributed by atoms with van der Waals surface area (Å²) in [7, 11) is 0. The fourth-order valence-electron chi connectivity index (χ4n) is 4.67. The van der Waals surface area contributed by atoms with Crippen molar-refractivity contribution < 1.29 is 14.6 Å². The Labute approximate surface area is 173 Å². The molecule has 0 atom stereocenters. The molecule has 2 aliphatic rings. The first-order chi connectivity index (χ1) is 14.5. The van der Waals surface area contributed by atoms with Crippen LogP contribution in [0.3, 0.4) is 0 Å². The van der Waals surface area contributed by atoms with Crippen molar-refractivity contribution in [1.29, 1.82) is 0 Å². The number of benzene rings is 1. The molecule has 0 saturated carbocycles. The Hall–Kier alpha value is -2.71. The van der Waals surface area contributed by atoms with Gasteiger partial charge in [-0.05, 0) is 50.3 Å². The minimum Gasteiger partial charge on any atom is -0.393 e. The second-order valence-corrected chi connectivity index (χ2v) is 8.39. The van der Waals surface area contributed by atoms with Gasteiger partial charge in [0.1, 0.15) is 0 Å². The molecule has 2 saturated heterocycles. The molecule has 2 aliphatic heterocycles. The molecule has 0 spiro atoms. The van der Waals surface area contributed by atoms with Gasteiger partial charge < -0.3 is 19.7 Å². The Balaban J connectivity index is 1.65. The third-order valence-electron chi connectivity index (χ3n) is 6.43. The first-order valence-electron chi connectivity index (χ1n) is 10.6. The lowest BCUT2D eigenvalue weighted by Gasteiger charge is -2.30. The SMILES string of the molecule is Cc1cc2[nH]c(=O)c3cnn(C4CCOCC4)c3c2cc1C(=O)N1CCC(O)CC1. The van der Waals surface area contributed by atoms with E-state index in [1.165, 1.54) is 0 Å². The Morgan fingerprint density at radius 1 is 1.17 bits per heavy atom. The number of carbonyl (C=O) groups is 1. The van der Waals surface area contributed by atoms with Gasteiger partial charge in [0.2, 0.25) is 0 Å². The topological polar surface area (TPSA) is 100 Å². The van der Waals surface area contributed by atoms with Crippen LogP contribution in [0.5, 0.6) is 0 Å². The molecule has 0 bridgehead atoms. The molecule has 5 rings (SSSR count). The zero-order chi connectivity index (χ0) is 20.8. The average Bonchev–Trinajstić information content (AvgIpc) is 3.20. The highest BCUT2D eigenvalue weighted by atomic mass is 16.5. The number of amides is 1. The van der Waals surface area contributed by atoms with Gasteiger partial charge in [0.25, 0.3) is 11.5 Å². The van der Waals surface area contributed by atoms with Crippen LogP contribution in [0.15, 0.2) is 23.1 Å². The molecule has 1 aromatic carbocycles. The number of piperidine rings is 1. The van der Waals surface area contributed by atoms with E-state index >= 15 is 0 Å². The van der Waals surface area contributed by atoms with E-state index in [0.29, 0.717) is 55.6 Å². The highest BCUT2D eigenvalue weighted by Crippen LogP contribution is 2.30. The predicted molar refractivity (Wildman–Crippen MR) is 113 cm³/mol. The van der Waals surface area contributed by atoms with Crippen molar-refractivity contribution >= 4 is 27.7 Å². The highest BCUT2D eigenvalue weighted by molar-refractivity contribution is 6.07. The van der Waals surface area contributed by atoms with Crippen LogP contribution in [0.25, 0.3) is 21.8 Å². The van der Waals surface area contributed by atoms with Gasteiger partial charge in [-0.2, -0.15) is 5.10 Å². The predicted octanol–water partition coefficient (Wildman–Crippen LogP) is 2.13. The van der Waals surface area contributed by atoms with Crippen molar-refractivity contribution in [1.82, 2.24) is 19.7 Å². The smallest absolute Gasteiger partial charge is 0.259 e. The quantitative estimate of drug-likeness (QED) is 0.674. The molecule has 8 nitrogen and oxygen atoms in total. The third kappa shape index (κ3) is 3.20. The molecule has 2 fully saturated rings. The molecule has 158 valence electrons. The number of H-pyrrole nitrogens is 1. The van der Waals surface area contributed by atoms with Gasteiger partial charge in [0, 0.05) is 37.3 Å². The number of pyridine rings is 1. The van der Waals surface area contributed by atoms with E-state index in [1.54, 1.807) is 11.1 Å². The van der Waals surface area contributed by atoms with Crippen molar-refractivity contribution in [3.05, 3.63) is 39.8 Å². The summed E-state index contributed by atoms with van der Waals surface area (Å²) in [4.78, 5) is 30.7. The molecule has 2 aromatic heterocycles. The Bertz CT molecular complexity index is 1170. The molecule has 0 aliphatic carbocycles. The summed E-state index contributed by atoms with van der Waals surface area (Å²) in [6.07, 6.45) is 4.19. The van der Waals surface area contributed by atoms with Crippen LogP contribution in [0.1, 0.15) is 47.6 Å². The second-order valence-electron chi connectivity index (χ2n) is 8.39. The Morgan fingerprint density at radius 3 is 2.63 bits per heavy atom. The van der Waals surface area contributed by atoms with Crippen molar-refractivity contribution in [2.24, 2.45) is 0 Å². The first kappa shape index (κ1) is 19.3. The van der Waals surface area contributed by atoms with E-state index in [-0.39, 0.29) is 23.6 Å². The average molecular weight is 410 g/mol. The van der Waals surface area contributed by atoms with E-state index in [0.717, 1.165) is 29.3 Å². The monoisotopic (exact) mass is 410 g/mol. The van der Waals surface area contributed by atoms with Gasteiger partial charge in [0.05, 0.1) is 34.8 Å². The van der Waals surface area contributed by atoms with Crippen LogP contribution >= 0.6 is 0 Å². The molecule has 3 aromatic rings. The summed E-state index contributed by atoms with van der Waals surface area (Å²) in [6.45, 7) is 4.36. The van der Waals surface area contributed by atoms with Gasteiger partial charge in [-0.3, -0.25) is 14.3 Å². The van der Waals surface area contributed by atoms with Crippen molar-refractivity contribution in [3.8, 4) is 0 Å². The molecule has 2 N–H and O–H groups in total. The minimum atomic E-state index is -0.328. The van der Waals surface area contributed by atoms with Crippen molar-refractivity contribution in [2.75, 3.05) is 26.3 Å². The van der Waals surface area contributed by atoms with Crippen molar-refractivity contribution in [2.45, 2.75) is 44.8 Å². The number of hydrogen-bond donors (Lipinski definition) is 2. The lowest BCUT2D eigenvalue weighted by atomic mass is 10.0. The molecule has 8 heteroatoms. The maximum absolute atomic E-state index is 13.2. The zero-order valence-corrected chi connectivity index (χ0v) is 17.1. The molecule has 30 heavy (non-hydrogen) atoms. The van der Waals surface area contributed by atoms with Crippen LogP contribution in [0.2, 0.25) is 0 Å². The van der Waals surface area contributed by atoms with Gasteiger partial charge in [-0.1, -0.05) is 0 Å².